The van der Waals surface area contributed by atoms with Crippen LogP contribution in [0.15, 0.2) is 28.8 Å². The Labute approximate surface area is 137 Å². The fraction of sp³-hybridized carbons (Fsp3) is 0.286. The SMILES string of the molecule is Cc1cc(NC(=O)CCS(=O)(=O)Cc2ccc(F)cc2Cl)no1. The van der Waals surface area contributed by atoms with Crippen LogP contribution in [0, 0.1) is 12.7 Å². The number of halogens is 2. The normalized spacial score (nSPS) is 11.4. The number of hydrogen-bond donors (Lipinski definition) is 1. The third kappa shape index (κ3) is 5.33. The number of carbonyl (C=O) groups is 1. The van der Waals surface area contributed by atoms with Gasteiger partial charge in [-0.25, -0.2) is 12.8 Å². The van der Waals surface area contributed by atoms with Crippen LogP contribution >= 0.6 is 11.6 Å². The molecule has 23 heavy (non-hydrogen) atoms. The molecule has 0 saturated carbocycles. The molecule has 124 valence electrons. The molecule has 0 radical (unpaired) electrons. The highest BCUT2D eigenvalue weighted by Gasteiger charge is 2.17. The molecule has 0 fully saturated rings. The van der Waals surface area contributed by atoms with Crippen LogP contribution in [0.4, 0.5) is 10.2 Å². The van der Waals surface area contributed by atoms with Crippen molar-refractivity contribution in [3.63, 3.8) is 0 Å². The highest BCUT2D eigenvalue weighted by atomic mass is 35.5. The lowest BCUT2D eigenvalue weighted by molar-refractivity contribution is -0.115. The van der Waals surface area contributed by atoms with Gasteiger partial charge in [-0.15, -0.1) is 0 Å². The largest absolute Gasteiger partial charge is 0.360 e. The summed E-state index contributed by atoms with van der Waals surface area (Å²) >= 11 is 5.81. The minimum Gasteiger partial charge on any atom is -0.360 e. The molecule has 0 aliphatic rings. The number of aryl methyl sites for hydroxylation is 1. The molecule has 0 aliphatic heterocycles. The molecule has 9 heteroatoms. The quantitative estimate of drug-likeness (QED) is 0.855. The fourth-order valence-electron chi connectivity index (χ4n) is 1.83. The van der Waals surface area contributed by atoms with E-state index in [-0.39, 0.29) is 28.8 Å². The Kier molecular flexibility index (Phi) is 5.38. The zero-order chi connectivity index (χ0) is 17.0. The molecular weight excluding hydrogens is 347 g/mol. The average Bonchev–Trinajstić information content (AvgIpc) is 2.85. The summed E-state index contributed by atoms with van der Waals surface area (Å²) in [5, 5.41) is 6.05. The van der Waals surface area contributed by atoms with E-state index in [1.54, 1.807) is 6.92 Å². The van der Waals surface area contributed by atoms with E-state index in [1.165, 1.54) is 12.1 Å². The summed E-state index contributed by atoms with van der Waals surface area (Å²) in [6, 6.07) is 5.01. The summed E-state index contributed by atoms with van der Waals surface area (Å²) in [6.45, 7) is 1.67. The van der Waals surface area contributed by atoms with E-state index in [9.17, 15) is 17.6 Å². The highest BCUT2D eigenvalue weighted by Crippen LogP contribution is 2.20. The molecular formula is C14H14ClFN2O4S. The Hall–Kier alpha value is -1.93. The number of hydrogen-bond acceptors (Lipinski definition) is 5. The van der Waals surface area contributed by atoms with Crippen LogP contribution in [0.5, 0.6) is 0 Å². The first-order valence-electron chi connectivity index (χ1n) is 6.63. The maximum Gasteiger partial charge on any atom is 0.226 e. The van der Waals surface area contributed by atoms with Crippen molar-refractivity contribution < 1.29 is 22.1 Å². The van der Waals surface area contributed by atoms with Gasteiger partial charge < -0.3 is 9.84 Å². The van der Waals surface area contributed by atoms with Crippen molar-refractivity contribution in [2.24, 2.45) is 0 Å². The van der Waals surface area contributed by atoms with E-state index in [4.69, 9.17) is 16.1 Å². The Morgan fingerprint density at radius 1 is 1.39 bits per heavy atom. The van der Waals surface area contributed by atoms with E-state index < -0.39 is 21.6 Å². The molecule has 0 saturated heterocycles. The second kappa shape index (κ2) is 7.10. The minimum absolute atomic E-state index is 0.0381. The predicted octanol–water partition coefficient (Wildman–Crippen LogP) is 2.72. The van der Waals surface area contributed by atoms with Crippen molar-refractivity contribution in [1.29, 1.82) is 0 Å². The third-order valence-corrected chi connectivity index (χ3v) is 4.85. The van der Waals surface area contributed by atoms with Gasteiger partial charge in [0.05, 0.1) is 11.5 Å². The Morgan fingerprint density at radius 3 is 2.74 bits per heavy atom. The fourth-order valence-corrected chi connectivity index (χ4v) is 3.51. The van der Waals surface area contributed by atoms with Crippen molar-refractivity contribution >= 4 is 33.2 Å². The van der Waals surface area contributed by atoms with Crippen molar-refractivity contribution in [2.45, 2.75) is 19.1 Å². The lowest BCUT2D eigenvalue weighted by Gasteiger charge is -2.06. The number of aromatic nitrogens is 1. The first-order valence-corrected chi connectivity index (χ1v) is 8.82. The Bertz CT molecular complexity index is 820. The molecule has 6 nitrogen and oxygen atoms in total. The number of rotatable bonds is 6. The van der Waals surface area contributed by atoms with Crippen molar-refractivity contribution in [3.05, 3.63) is 46.4 Å². The molecule has 0 spiro atoms. The molecule has 0 aliphatic carbocycles. The minimum atomic E-state index is -3.56. The van der Waals surface area contributed by atoms with Crippen LogP contribution < -0.4 is 5.32 Å². The molecule has 1 heterocycles. The van der Waals surface area contributed by atoms with E-state index >= 15 is 0 Å². The zero-order valence-corrected chi connectivity index (χ0v) is 13.7. The van der Waals surface area contributed by atoms with Crippen LogP contribution in [0.1, 0.15) is 17.7 Å². The number of carbonyl (C=O) groups excluding carboxylic acids is 1. The van der Waals surface area contributed by atoms with E-state index in [0.717, 1.165) is 12.1 Å². The molecule has 1 aromatic heterocycles. The molecule has 2 aromatic rings. The smallest absolute Gasteiger partial charge is 0.226 e. The number of sulfone groups is 1. The summed E-state index contributed by atoms with van der Waals surface area (Å²) in [6.07, 6.45) is -0.229. The second-order valence-corrected chi connectivity index (χ2v) is 7.54. The summed E-state index contributed by atoms with van der Waals surface area (Å²) < 4.78 is 41.8. The van der Waals surface area contributed by atoms with Crippen LogP contribution in [0.3, 0.4) is 0 Å². The second-order valence-electron chi connectivity index (χ2n) is 4.95. The summed E-state index contributed by atoms with van der Waals surface area (Å²) in [4.78, 5) is 11.7. The van der Waals surface area contributed by atoms with Crippen molar-refractivity contribution in [3.8, 4) is 0 Å². The van der Waals surface area contributed by atoms with Crippen LogP contribution in [0.2, 0.25) is 5.02 Å². The first kappa shape index (κ1) is 17.4. The maximum absolute atomic E-state index is 12.9. The number of amides is 1. The molecule has 0 atom stereocenters. The van der Waals surface area contributed by atoms with Gasteiger partial charge in [0, 0.05) is 17.5 Å². The lowest BCUT2D eigenvalue weighted by atomic mass is 10.2. The van der Waals surface area contributed by atoms with Gasteiger partial charge in [0.25, 0.3) is 0 Å². The monoisotopic (exact) mass is 360 g/mol. The maximum atomic E-state index is 12.9. The van der Waals surface area contributed by atoms with Crippen LogP contribution in [0.25, 0.3) is 0 Å². The summed E-state index contributed by atoms with van der Waals surface area (Å²) in [7, 11) is -3.56. The Morgan fingerprint density at radius 2 is 2.13 bits per heavy atom. The summed E-state index contributed by atoms with van der Waals surface area (Å²) in [5.74, 6) is -0.998. The molecule has 1 amide bonds. The number of benzene rings is 1. The van der Waals surface area contributed by atoms with E-state index in [1.807, 2.05) is 0 Å². The molecule has 2 rings (SSSR count). The molecule has 0 bridgehead atoms. The van der Waals surface area contributed by atoms with Gasteiger partial charge in [-0.05, 0) is 24.6 Å². The Balaban J connectivity index is 1.92. The van der Waals surface area contributed by atoms with Crippen molar-refractivity contribution in [1.82, 2.24) is 5.16 Å². The van der Waals surface area contributed by atoms with E-state index in [0.29, 0.717) is 11.3 Å². The lowest BCUT2D eigenvalue weighted by Crippen LogP contribution is -2.18. The standard InChI is InChI=1S/C14H14ClFN2O4S/c1-9-6-13(18-22-9)17-14(19)4-5-23(20,21)8-10-2-3-11(16)7-12(10)15/h2-3,6-7H,4-5,8H2,1H3,(H,17,18,19). The van der Waals surface area contributed by atoms with Gasteiger partial charge in [0.2, 0.25) is 5.91 Å². The van der Waals surface area contributed by atoms with Gasteiger partial charge in [-0.2, -0.15) is 0 Å². The van der Waals surface area contributed by atoms with Gasteiger partial charge in [0.1, 0.15) is 11.6 Å². The van der Waals surface area contributed by atoms with Gasteiger partial charge >= 0.3 is 0 Å². The topological polar surface area (TPSA) is 89.3 Å². The number of nitrogens with one attached hydrogen (secondary N) is 1. The molecule has 0 unspecified atom stereocenters. The molecule has 1 N–H and O–H groups in total. The van der Waals surface area contributed by atoms with Crippen LogP contribution in [-0.2, 0) is 20.4 Å². The zero-order valence-electron chi connectivity index (χ0n) is 12.2. The third-order valence-electron chi connectivity index (χ3n) is 2.93. The van der Waals surface area contributed by atoms with Gasteiger partial charge in [-0.1, -0.05) is 22.8 Å². The van der Waals surface area contributed by atoms with Crippen molar-refractivity contribution in [2.75, 3.05) is 11.1 Å². The summed E-state index contributed by atoms with van der Waals surface area (Å²) in [5.41, 5.74) is 0.292. The number of anilines is 1. The van der Waals surface area contributed by atoms with Crippen LogP contribution in [-0.4, -0.2) is 25.2 Å². The first-order chi connectivity index (χ1) is 10.7. The average molecular weight is 361 g/mol. The van der Waals surface area contributed by atoms with Gasteiger partial charge in [-0.3, -0.25) is 4.79 Å². The molecule has 1 aromatic carbocycles. The van der Waals surface area contributed by atoms with E-state index in [2.05, 4.69) is 10.5 Å². The highest BCUT2D eigenvalue weighted by molar-refractivity contribution is 7.90. The predicted molar refractivity (Wildman–Crippen MR) is 83.4 cm³/mol. The van der Waals surface area contributed by atoms with Gasteiger partial charge in [0.15, 0.2) is 15.7 Å². The number of nitrogens with zero attached hydrogens (tertiary/aromatic N) is 1.